The summed E-state index contributed by atoms with van der Waals surface area (Å²) in [5.41, 5.74) is 25.9. The van der Waals surface area contributed by atoms with E-state index in [9.17, 15) is 68.4 Å². The smallest absolute Gasteiger partial charge is 0.349 e. The van der Waals surface area contributed by atoms with Crippen molar-refractivity contribution in [3.8, 4) is 0 Å². The number of aliphatic hydroxyl groups is 1. The number of nitrogens with zero attached hydrogens (tertiary/aromatic N) is 2. The lowest BCUT2D eigenvalue weighted by atomic mass is 9.84. The molecule has 0 aromatic heterocycles. The molecule has 0 fully saturated rings. The summed E-state index contributed by atoms with van der Waals surface area (Å²) in [6.45, 7) is 13.7. The van der Waals surface area contributed by atoms with E-state index in [1.54, 1.807) is 31.2 Å². The summed E-state index contributed by atoms with van der Waals surface area (Å²) < 4.78 is 28.7. The first-order valence-corrected chi connectivity index (χ1v) is 30.6. The third-order valence-electron chi connectivity index (χ3n) is 16.1. The van der Waals surface area contributed by atoms with Gasteiger partial charge in [-0.1, -0.05) is 97.1 Å². The number of carboxylic acids is 4. The first kappa shape index (κ1) is 75.0. The Morgan fingerprint density at radius 1 is 0.423 bits per heavy atom. The first-order chi connectivity index (χ1) is 46.2. The Morgan fingerprint density at radius 3 is 0.887 bits per heavy atom. The van der Waals surface area contributed by atoms with Crippen LogP contribution in [0.3, 0.4) is 0 Å². The summed E-state index contributed by atoms with van der Waals surface area (Å²) in [7, 11) is 2.82. The number of ether oxygens (including phenoxy) is 6. The zero-order chi connectivity index (χ0) is 71.2. The van der Waals surface area contributed by atoms with Crippen LogP contribution >= 0.6 is 0 Å². The van der Waals surface area contributed by atoms with Crippen LogP contribution < -0.4 is 11.5 Å². The van der Waals surface area contributed by atoms with Crippen LogP contribution in [0, 0.1) is 27.7 Å². The highest BCUT2D eigenvalue weighted by Gasteiger charge is 2.43. The molecule has 97 heavy (non-hydrogen) atoms. The van der Waals surface area contributed by atoms with Gasteiger partial charge >= 0.3 is 59.7 Å². The van der Waals surface area contributed by atoms with Crippen LogP contribution in [-0.4, -0.2) is 166 Å². The van der Waals surface area contributed by atoms with E-state index in [2.05, 4.69) is 61.8 Å². The topological polar surface area (TPSA) is 386 Å². The van der Waals surface area contributed by atoms with Crippen LogP contribution in [0.15, 0.2) is 168 Å². The van der Waals surface area contributed by atoms with Crippen molar-refractivity contribution >= 4 is 59.7 Å². The molecule has 6 aromatic rings. The molecule has 0 radical (unpaired) electrons. The first-order valence-electron chi connectivity index (χ1n) is 30.6. The fourth-order valence-corrected chi connectivity index (χ4v) is 10.8. The third kappa shape index (κ3) is 20.0. The molecule has 0 amide bonds. The van der Waals surface area contributed by atoms with Crippen LogP contribution in [0.5, 0.6) is 0 Å². The number of carboxylic acid groups (broad SMARTS) is 4. The second kappa shape index (κ2) is 35.5. The molecular formula is C72H78N4O21. The second-order valence-corrected chi connectivity index (χ2v) is 22.6. The van der Waals surface area contributed by atoms with Gasteiger partial charge in [-0.2, -0.15) is 0 Å². The van der Waals surface area contributed by atoms with Crippen molar-refractivity contribution in [3.05, 3.63) is 235 Å². The van der Waals surface area contributed by atoms with Crippen molar-refractivity contribution in [2.24, 2.45) is 11.5 Å². The predicted octanol–water partition coefficient (Wildman–Crippen LogP) is 7.20. The number of nitrogens with two attached hydrogens (primary N) is 2. The van der Waals surface area contributed by atoms with Crippen LogP contribution in [0.25, 0.3) is 0 Å². The molecule has 0 saturated heterocycles. The van der Waals surface area contributed by atoms with Gasteiger partial charge < -0.3 is 65.4 Å². The highest BCUT2D eigenvalue weighted by molar-refractivity contribution is 5.97. The lowest BCUT2D eigenvalue weighted by molar-refractivity contribution is -0.166. The van der Waals surface area contributed by atoms with Crippen molar-refractivity contribution in [3.63, 3.8) is 0 Å². The molecule has 25 nitrogen and oxygen atoms in total. The van der Waals surface area contributed by atoms with E-state index in [4.69, 9.17) is 45.0 Å². The number of aliphatic carboxylic acids is 4. The molecule has 6 atom stereocenters. The van der Waals surface area contributed by atoms with Gasteiger partial charge in [0.25, 0.3) is 0 Å². The normalized spacial score (nSPS) is 16.3. The van der Waals surface area contributed by atoms with Gasteiger partial charge in [0.05, 0.1) is 47.6 Å². The largest absolute Gasteiger partial charge is 0.478 e. The number of fused-ring (bicyclic) bond motifs is 6. The average Bonchev–Trinajstić information content (AvgIpc) is 0.773. The van der Waals surface area contributed by atoms with Gasteiger partial charge in [-0.3, -0.25) is 9.80 Å². The summed E-state index contributed by atoms with van der Waals surface area (Å²) in [4.78, 5) is 122. The van der Waals surface area contributed by atoms with Crippen molar-refractivity contribution in [2.75, 3.05) is 47.0 Å². The summed E-state index contributed by atoms with van der Waals surface area (Å²) >= 11 is 0. The lowest BCUT2D eigenvalue weighted by Gasteiger charge is -2.41. The van der Waals surface area contributed by atoms with E-state index < -0.39 is 72.2 Å². The quantitative estimate of drug-likeness (QED) is 0.0372. The zero-order valence-corrected chi connectivity index (χ0v) is 54.5. The number of carbonyl (C=O) groups is 10. The van der Waals surface area contributed by atoms with Gasteiger partial charge in [-0.15, -0.1) is 0 Å². The molecule has 512 valence electrons. The number of rotatable bonds is 16. The molecule has 0 spiro atoms. The van der Waals surface area contributed by atoms with E-state index >= 15 is 0 Å². The maximum absolute atomic E-state index is 12.0. The molecule has 0 saturated carbocycles. The molecule has 6 aromatic carbocycles. The number of aliphatic hydroxyl groups excluding tert-OH is 1. The number of hydrogen-bond acceptors (Lipinski definition) is 21. The van der Waals surface area contributed by atoms with Crippen LogP contribution in [0.4, 0.5) is 0 Å². The average molecular weight is 1340 g/mol. The Balaban J connectivity index is 0.000000202. The predicted molar refractivity (Wildman–Crippen MR) is 349 cm³/mol. The Kier molecular flexibility index (Phi) is 27.4. The lowest BCUT2D eigenvalue weighted by Crippen LogP contribution is -2.45. The van der Waals surface area contributed by atoms with E-state index in [-0.39, 0.29) is 40.8 Å². The van der Waals surface area contributed by atoms with Gasteiger partial charge in [-0.05, 0) is 140 Å². The van der Waals surface area contributed by atoms with Gasteiger partial charge in [0.2, 0.25) is 24.4 Å². The maximum atomic E-state index is 12.0. The van der Waals surface area contributed by atoms with Crippen molar-refractivity contribution < 1.29 is 102 Å². The van der Waals surface area contributed by atoms with Crippen LogP contribution in [-0.2, 0) is 70.0 Å². The van der Waals surface area contributed by atoms with E-state index in [1.807, 2.05) is 0 Å². The summed E-state index contributed by atoms with van der Waals surface area (Å²) in [5, 5.41) is 44.5. The van der Waals surface area contributed by atoms with Crippen LogP contribution in [0.2, 0.25) is 0 Å². The zero-order valence-electron chi connectivity index (χ0n) is 54.5. The Hall–Kier alpha value is -11.0. The molecule has 4 heterocycles. The molecule has 4 aliphatic rings. The van der Waals surface area contributed by atoms with Gasteiger partial charge in [-0.25, -0.2) is 47.9 Å². The van der Waals surface area contributed by atoms with Crippen molar-refractivity contribution in [1.82, 2.24) is 9.80 Å². The number of methoxy groups -OCH3 is 2. The summed E-state index contributed by atoms with van der Waals surface area (Å²) in [5.74, 6) is -11.9. The molecule has 9 N–H and O–H groups in total. The second-order valence-electron chi connectivity index (χ2n) is 22.6. The number of esters is 6. The molecule has 4 aliphatic heterocycles. The van der Waals surface area contributed by atoms with Gasteiger partial charge in [0, 0.05) is 69.1 Å². The minimum absolute atomic E-state index is 0.0253. The fourth-order valence-electron chi connectivity index (χ4n) is 10.8. The SMILES string of the molecule is CCO.COC(=O)C1=C(N)CC2c3cc(C)c(C)cc3CCN2C1.COC(=O)C1=C(N)C[C@H]2c3cc(C)c(C)cc3CCN2C1.O=C(O[C@H](C(=O)O)[C@H](OC(=O)c1ccccc1)C(=O)O)c1ccccc1.O=C(O[C@H](C(=O)O)[C@H](OC(=O)c1ccccc1)C(=O)O)c1ccccc1. The Bertz CT molecular complexity index is 3510. The molecule has 0 bridgehead atoms. The number of aryl methyl sites for hydroxylation is 4. The molecule has 1 unspecified atom stereocenters. The number of carbonyl (C=O) groups excluding carboxylic acids is 6. The summed E-state index contributed by atoms with van der Waals surface area (Å²) in [6.07, 6.45) is -5.39. The Labute approximate surface area is 559 Å². The third-order valence-corrected chi connectivity index (χ3v) is 16.1. The highest BCUT2D eigenvalue weighted by Crippen LogP contribution is 2.40. The minimum atomic E-state index is -2.21. The monoisotopic (exact) mass is 1330 g/mol. The maximum Gasteiger partial charge on any atom is 0.349 e. The summed E-state index contributed by atoms with van der Waals surface area (Å²) in [6, 6.07) is 39.4. The molecule has 10 rings (SSSR count). The number of hydrogen-bond donors (Lipinski definition) is 7. The van der Waals surface area contributed by atoms with E-state index in [0.717, 1.165) is 25.9 Å². The minimum Gasteiger partial charge on any atom is -0.478 e. The molecule has 0 aliphatic carbocycles. The van der Waals surface area contributed by atoms with E-state index in [1.165, 1.54) is 156 Å². The standard InChI is InChI=1S/2C18H14O8.2C17H22N2O2.C2H6O/c2*19-15(20)13(25-17(23)11-7-3-1-4-8-11)14(16(21)22)26-18(24)12-9-5-2-6-10-12;2*1-10-6-12-4-5-19-9-14(17(20)21-3)15(18)8-16(19)13(12)7-11(10)2;1-2-3/h2*1-10,13-14H,(H,19,20)(H,21,22);2*6-7,16H,4-5,8-9,18H2,1-3H3;3H,2H2,1H3/t2*13-,14-;16-;;/m000../s1. The van der Waals surface area contributed by atoms with E-state index in [0.29, 0.717) is 60.6 Å². The van der Waals surface area contributed by atoms with Crippen LogP contribution in [0.1, 0.15) is 118 Å². The fraction of sp³-hybridized carbons (Fsp3) is 0.306. The van der Waals surface area contributed by atoms with Gasteiger partial charge in [0.15, 0.2) is 0 Å². The Morgan fingerprint density at radius 2 is 0.660 bits per heavy atom. The van der Waals surface area contributed by atoms with Gasteiger partial charge in [0.1, 0.15) is 0 Å². The highest BCUT2D eigenvalue weighted by atomic mass is 16.6. The van der Waals surface area contributed by atoms with Crippen molar-refractivity contribution in [1.29, 1.82) is 0 Å². The van der Waals surface area contributed by atoms with Crippen molar-refractivity contribution in [2.45, 2.75) is 96.8 Å². The molecule has 25 heteroatoms. The molecular weight excluding hydrogens is 1260 g/mol. The number of benzene rings is 6.